The van der Waals surface area contributed by atoms with Crippen LogP contribution in [0.4, 0.5) is 0 Å². The minimum Gasteiger partial charge on any atom is -0.466 e. The highest BCUT2D eigenvalue weighted by Crippen LogP contribution is 2.00. The molecule has 0 heterocycles. The number of aliphatic hydroxyl groups excluding tert-OH is 1. The summed E-state index contributed by atoms with van der Waals surface area (Å²) in [5, 5.41) is 15.4. The number of carbonyl (C=O) groups excluding carboxylic acids is 1. The zero-order valence-electron chi connectivity index (χ0n) is 18.9. The molecule has 0 atom stereocenters. The predicted octanol–water partition coefficient (Wildman–Crippen LogP) is 6.46. The van der Waals surface area contributed by atoms with Crippen LogP contribution in [-0.2, 0) is 9.53 Å². The molecule has 0 saturated heterocycles. The van der Waals surface area contributed by atoms with Crippen LogP contribution in [0.15, 0.2) is 30.3 Å². The summed E-state index contributed by atoms with van der Waals surface area (Å²) in [4.78, 5) is 9.82. The molecule has 0 unspecified atom stereocenters. The summed E-state index contributed by atoms with van der Waals surface area (Å²) in [5.74, 6) is -0.211. The lowest BCUT2D eigenvalue weighted by Crippen LogP contribution is -1.95. The van der Waals surface area contributed by atoms with Crippen molar-refractivity contribution in [2.45, 2.75) is 93.6 Å². The molecule has 1 rings (SSSR count). The van der Waals surface area contributed by atoms with Gasteiger partial charge in [0.2, 0.25) is 0 Å². The van der Waals surface area contributed by atoms with Crippen molar-refractivity contribution in [1.82, 2.24) is 0 Å². The van der Waals surface area contributed by atoms with Crippen molar-refractivity contribution >= 4 is 5.97 Å². The first-order chi connectivity index (χ1) is 12.7. The van der Waals surface area contributed by atoms with Gasteiger partial charge in [0, 0.05) is 20.0 Å². The van der Waals surface area contributed by atoms with Gasteiger partial charge in [0.25, 0.3) is 0 Å². The average molecular weight is 382 g/mol. The zero-order valence-corrected chi connectivity index (χ0v) is 18.9. The predicted molar refractivity (Wildman–Crippen MR) is 117 cm³/mol. The lowest BCUT2D eigenvalue weighted by molar-refractivity contribution is -0.140. The number of nitrogens with zero attached hydrogens (tertiary/aromatic N) is 1. The van der Waals surface area contributed by atoms with Gasteiger partial charge < -0.3 is 9.84 Å². The van der Waals surface area contributed by atoms with Crippen molar-refractivity contribution < 1.29 is 14.6 Å². The van der Waals surface area contributed by atoms with Crippen LogP contribution in [0, 0.1) is 18.3 Å². The third kappa shape index (κ3) is 68.5. The second-order valence-corrected chi connectivity index (χ2v) is 5.96. The summed E-state index contributed by atoms with van der Waals surface area (Å²) >= 11 is 0. The van der Waals surface area contributed by atoms with Crippen molar-refractivity contribution in [3.8, 4) is 6.07 Å². The van der Waals surface area contributed by atoms with E-state index in [1.54, 1.807) is 26.8 Å². The summed E-state index contributed by atoms with van der Waals surface area (Å²) < 4.78 is 4.40. The number of unbranched alkanes of at least 4 members (excludes halogenated alkanes) is 4. The van der Waals surface area contributed by atoms with Crippen molar-refractivity contribution in [2.75, 3.05) is 6.61 Å². The molecular formula is C23H43NO3. The number of ether oxygens (including phenoxy) is 1. The fourth-order valence-electron chi connectivity index (χ4n) is 1.41. The first-order valence-corrected chi connectivity index (χ1v) is 9.87. The second kappa shape index (κ2) is 31.9. The van der Waals surface area contributed by atoms with E-state index in [-0.39, 0.29) is 12.1 Å². The Morgan fingerprint density at radius 1 is 1.07 bits per heavy atom. The van der Waals surface area contributed by atoms with Gasteiger partial charge in [-0.15, -0.1) is 0 Å². The van der Waals surface area contributed by atoms with E-state index in [4.69, 9.17) is 10.4 Å². The number of aryl methyl sites for hydroxylation is 1. The molecule has 158 valence electrons. The molecule has 0 fully saturated rings. The summed E-state index contributed by atoms with van der Waals surface area (Å²) in [7, 11) is 0. The first-order valence-electron chi connectivity index (χ1n) is 9.87. The smallest absolute Gasteiger partial charge is 0.302 e. The lowest BCUT2D eigenvalue weighted by atomic mass is 10.2. The number of benzene rings is 1. The van der Waals surface area contributed by atoms with Gasteiger partial charge >= 0.3 is 5.97 Å². The molecule has 0 aliphatic rings. The summed E-state index contributed by atoms with van der Waals surface area (Å²) in [6.07, 6.45) is 6.84. The van der Waals surface area contributed by atoms with Gasteiger partial charge in [0.05, 0.1) is 12.7 Å². The van der Waals surface area contributed by atoms with Crippen LogP contribution >= 0.6 is 0 Å². The third-order valence-corrected chi connectivity index (χ3v) is 2.50. The Kier molecular flexibility index (Phi) is 38.7. The summed E-state index contributed by atoms with van der Waals surface area (Å²) in [6.45, 7) is 15.1. The highest BCUT2D eigenvalue weighted by molar-refractivity contribution is 5.65. The molecule has 0 aliphatic carbocycles. The van der Waals surface area contributed by atoms with Gasteiger partial charge in [-0.1, -0.05) is 81.8 Å². The minimum atomic E-state index is -0.211. The molecule has 0 radical (unpaired) electrons. The maximum absolute atomic E-state index is 9.82. The molecule has 1 aromatic rings. The molecule has 0 saturated carbocycles. The van der Waals surface area contributed by atoms with Crippen LogP contribution in [0.2, 0.25) is 0 Å². The fraction of sp³-hybridized carbons (Fsp3) is 0.652. The Labute approximate surface area is 168 Å². The highest BCUT2D eigenvalue weighted by atomic mass is 16.5. The van der Waals surface area contributed by atoms with E-state index in [0.717, 1.165) is 0 Å². The van der Waals surface area contributed by atoms with Crippen LogP contribution in [0.25, 0.3) is 0 Å². The van der Waals surface area contributed by atoms with Crippen LogP contribution in [0.3, 0.4) is 0 Å². The van der Waals surface area contributed by atoms with Crippen LogP contribution in [-0.4, -0.2) is 23.8 Å². The number of esters is 1. The number of rotatable bonds is 5. The molecule has 1 N–H and O–H groups in total. The Morgan fingerprint density at radius 3 is 1.59 bits per heavy atom. The van der Waals surface area contributed by atoms with Gasteiger partial charge in [-0.2, -0.15) is 5.26 Å². The van der Waals surface area contributed by atoms with E-state index in [9.17, 15) is 4.79 Å². The fourth-order valence-corrected chi connectivity index (χ4v) is 1.41. The molecule has 27 heavy (non-hydrogen) atoms. The van der Waals surface area contributed by atoms with E-state index in [1.807, 2.05) is 18.2 Å². The normalized spacial score (nSPS) is 8.04. The largest absolute Gasteiger partial charge is 0.466 e. The van der Waals surface area contributed by atoms with Gasteiger partial charge in [-0.05, 0) is 27.7 Å². The maximum atomic E-state index is 9.82. The Bertz CT molecular complexity index is 405. The van der Waals surface area contributed by atoms with E-state index in [2.05, 4.69) is 37.6 Å². The monoisotopic (exact) mass is 381 g/mol. The lowest BCUT2D eigenvalue weighted by Gasteiger charge is -1.90. The maximum Gasteiger partial charge on any atom is 0.302 e. The van der Waals surface area contributed by atoms with Crippen molar-refractivity contribution in [3.05, 3.63) is 35.9 Å². The topological polar surface area (TPSA) is 70.3 Å². The van der Waals surface area contributed by atoms with E-state index >= 15 is 0 Å². The van der Waals surface area contributed by atoms with E-state index in [0.29, 0.717) is 6.61 Å². The minimum absolute atomic E-state index is 0.167. The third-order valence-electron chi connectivity index (χ3n) is 2.50. The van der Waals surface area contributed by atoms with Gasteiger partial charge in [-0.3, -0.25) is 4.79 Å². The molecule has 1 aromatic carbocycles. The molecule has 0 aliphatic heterocycles. The van der Waals surface area contributed by atoms with E-state index in [1.165, 1.54) is 51.5 Å². The molecule has 0 aromatic heterocycles. The molecule has 0 bridgehead atoms. The van der Waals surface area contributed by atoms with Crippen molar-refractivity contribution in [3.63, 3.8) is 0 Å². The Balaban J connectivity index is -0.000000127. The summed E-state index contributed by atoms with van der Waals surface area (Å²) in [6, 6.07) is 12.0. The molecule has 0 spiro atoms. The van der Waals surface area contributed by atoms with Gasteiger partial charge in [0.1, 0.15) is 0 Å². The van der Waals surface area contributed by atoms with Crippen LogP contribution in [0.1, 0.15) is 86.1 Å². The SMILES string of the molecule is CC#N.CC(C)O.CCCCCCC.CCOC(C)=O.Cc1ccccc1. The standard InChI is InChI=1S/C7H8.C7H16.C4H8O2.C3H8O.C2H3N/c1-7-5-3-2-4-6-7;1-3-5-7-6-4-2;1-3-6-4(2)5;1-3(2)4;1-2-3/h2-6H,1H3;3-7H2,1-2H3;3H2,1-2H3;3-4H,1-2H3;1H3. The number of carbonyl (C=O) groups is 1. The number of aliphatic hydroxyl groups is 1. The number of nitriles is 1. The average Bonchev–Trinajstić information content (AvgIpc) is 2.57. The highest BCUT2D eigenvalue weighted by Gasteiger charge is 1.81. The van der Waals surface area contributed by atoms with Gasteiger partial charge in [-0.25, -0.2) is 0 Å². The number of hydrogen-bond donors (Lipinski definition) is 1. The van der Waals surface area contributed by atoms with Crippen molar-refractivity contribution in [2.24, 2.45) is 0 Å². The quantitative estimate of drug-likeness (QED) is 0.469. The van der Waals surface area contributed by atoms with Gasteiger partial charge in [0.15, 0.2) is 0 Å². The van der Waals surface area contributed by atoms with Crippen LogP contribution in [0.5, 0.6) is 0 Å². The molecule has 4 nitrogen and oxygen atoms in total. The molecule has 4 heteroatoms. The summed E-state index contributed by atoms with van der Waals surface area (Å²) in [5.41, 5.74) is 1.32. The molecule has 0 amide bonds. The van der Waals surface area contributed by atoms with Crippen molar-refractivity contribution in [1.29, 1.82) is 5.26 Å². The zero-order chi connectivity index (χ0) is 21.9. The first kappa shape index (κ1) is 32.8. The number of hydrogen-bond acceptors (Lipinski definition) is 4. The Hall–Kier alpha value is -1.86. The van der Waals surface area contributed by atoms with E-state index < -0.39 is 0 Å². The second-order valence-electron chi connectivity index (χ2n) is 5.96. The Morgan fingerprint density at radius 2 is 1.44 bits per heavy atom. The van der Waals surface area contributed by atoms with Crippen LogP contribution < -0.4 is 0 Å². The molecular weight excluding hydrogens is 338 g/mol.